The summed E-state index contributed by atoms with van der Waals surface area (Å²) in [7, 11) is 0. The molecule has 498 valence electrons. The Morgan fingerprint density at radius 1 is 0.364 bits per heavy atom. The van der Waals surface area contributed by atoms with E-state index in [9.17, 15) is 14.4 Å². The number of anilines is 3. The van der Waals surface area contributed by atoms with Crippen molar-refractivity contribution < 1.29 is 28.6 Å². The Morgan fingerprint density at radius 2 is 0.616 bits per heavy atom. The second-order valence-electron chi connectivity index (χ2n) is 24.4. The van der Waals surface area contributed by atoms with Crippen molar-refractivity contribution >= 4 is 67.9 Å². The van der Waals surface area contributed by atoms with E-state index in [-0.39, 0.29) is 35.5 Å². The highest BCUT2D eigenvalue weighted by Crippen LogP contribution is 2.39. The summed E-state index contributed by atoms with van der Waals surface area (Å²) in [6.45, 7) is 14.9. The van der Waals surface area contributed by atoms with Gasteiger partial charge >= 0.3 is 0 Å². The van der Waals surface area contributed by atoms with Gasteiger partial charge in [-0.15, -0.1) is 0 Å². The molecule has 6 aromatic carbocycles. The molecule has 1 unspecified atom stereocenters. The summed E-state index contributed by atoms with van der Waals surface area (Å²) < 4.78 is 23.3. The number of benzene rings is 6. The van der Waals surface area contributed by atoms with Crippen LogP contribution in [0.25, 0.3) is 49.8 Å². The third kappa shape index (κ3) is 14.4. The molecule has 3 fully saturated rings. The standard InChI is InChI=1S/3C26H25N5O2/c3*1-2-23(32)30-16-6-7-18(17-30)24-22-14-15-28-26(27)25(22)31(29-24)19-10-12-21(13-11-19)33-20-8-4-3-5-9-20/h3*2-5,8-15,18H,1,6-7,16-17H2,(H2,27,28)/t2*18-;/m10./s1. The van der Waals surface area contributed by atoms with Crippen LogP contribution in [0.3, 0.4) is 0 Å². The smallest absolute Gasteiger partial charge is 0.245 e. The number of rotatable bonds is 15. The Bertz CT molecular complexity index is 4380. The van der Waals surface area contributed by atoms with E-state index >= 15 is 0 Å². The molecule has 0 bridgehead atoms. The van der Waals surface area contributed by atoms with Crippen molar-refractivity contribution in [2.24, 2.45) is 0 Å². The number of nitrogen functional groups attached to an aromatic ring is 3. The van der Waals surface area contributed by atoms with Crippen molar-refractivity contribution in [2.75, 3.05) is 56.5 Å². The van der Waals surface area contributed by atoms with Crippen molar-refractivity contribution in [3.8, 4) is 51.6 Å². The summed E-state index contributed by atoms with van der Waals surface area (Å²) in [5.74, 6) is 6.04. The minimum Gasteiger partial charge on any atom is -0.457 e. The fourth-order valence-electron chi connectivity index (χ4n) is 13.2. The summed E-state index contributed by atoms with van der Waals surface area (Å²) in [4.78, 5) is 55.0. The molecule has 3 aliphatic heterocycles. The molecule has 12 aromatic rings. The summed E-state index contributed by atoms with van der Waals surface area (Å²) in [6, 6.07) is 58.0. The van der Waals surface area contributed by atoms with Gasteiger partial charge in [0.05, 0.1) is 34.1 Å². The molecule has 0 saturated carbocycles. The lowest BCUT2D eigenvalue weighted by Gasteiger charge is -2.31. The van der Waals surface area contributed by atoms with Gasteiger partial charge in [-0.25, -0.2) is 29.0 Å². The number of amides is 3. The van der Waals surface area contributed by atoms with Crippen LogP contribution in [0.1, 0.15) is 73.4 Å². The zero-order chi connectivity index (χ0) is 68.4. The molecule has 15 rings (SSSR count). The molecule has 21 nitrogen and oxygen atoms in total. The highest BCUT2D eigenvalue weighted by molar-refractivity contribution is 5.94. The third-order valence-electron chi connectivity index (χ3n) is 18.0. The summed E-state index contributed by atoms with van der Waals surface area (Å²) in [6.07, 6.45) is 14.9. The number of nitrogens with two attached hydrogens (primary N) is 3. The SMILES string of the molecule is C=CC(=O)N1CCCC(c2nn(-c3ccc(Oc4ccccc4)cc3)c3c(N)nccc23)C1.C=CC(=O)N1CCC[C@@H](c2nn(-c3ccc(Oc4ccccc4)cc3)c3c(N)nccc23)C1.C=CC(=O)N1CCC[C@H](c2nn(-c3ccc(Oc4ccccc4)cc3)c3c(N)nccc23)C1. The number of fused-ring (bicyclic) bond motifs is 3. The van der Waals surface area contributed by atoms with Gasteiger partial charge in [0.15, 0.2) is 0 Å². The van der Waals surface area contributed by atoms with Crippen LogP contribution in [0.15, 0.2) is 239 Å². The number of para-hydroxylation sites is 3. The van der Waals surface area contributed by atoms with Crippen LogP contribution < -0.4 is 31.4 Å². The predicted octanol–water partition coefficient (Wildman–Crippen LogP) is 14.1. The highest BCUT2D eigenvalue weighted by Gasteiger charge is 2.32. The molecule has 0 aliphatic carbocycles. The Kier molecular flexibility index (Phi) is 19.6. The van der Waals surface area contributed by atoms with Crippen LogP contribution in [0.4, 0.5) is 17.5 Å². The minimum absolute atomic E-state index is 0.0429. The van der Waals surface area contributed by atoms with Crippen LogP contribution in [0.5, 0.6) is 34.5 Å². The van der Waals surface area contributed by atoms with E-state index in [1.165, 1.54) is 18.2 Å². The largest absolute Gasteiger partial charge is 0.457 e. The quantitative estimate of drug-likeness (QED) is 0.0806. The maximum atomic E-state index is 12.2. The predicted molar refractivity (Wildman–Crippen MR) is 386 cm³/mol. The first-order chi connectivity index (χ1) is 48.4. The monoisotopic (exact) mass is 1320 g/mol. The Labute approximate surface area is 572 Å². The number of likely N-dealkylation sites (tertiary alicyclic amines) is 3. The van der Waals surface area contributed by atoms with Gasteiger partial charge < -0.3 is 46.1 Å². The first kappa shape index (κ1) is 65.3. The lowest BCUT2D eigenvalue weighted by molar-refractivity contribution is -0.127. The lowest BCUT2D eigenvalue weighted by atomic mass is 9.93. The molecule has 99 heavy (non-hydrogen) atoms. The Hall–Kier alpha value is -12.4. The van der Waals surface area contributed by atoms with E-state index < -0.39 is 0 Å². The Balaban J connectivity index is 0.000000133. The van der Waals surface area contributed by atoms with Crippen LogP contribution in [0, 0.1) is 0 Å². The number of hydrogen-bond donors (Lipinski definition) is 3. The maximum absolute atomic E-state index is 12.2. The normalized spacial score (nSPS) is 16.0. The fraction of sp³-hybridized carbons (Fsp3) is 0.192. The van der Waals surface area contributed by atoms with Crippen LogP contribution in [-0.2, 0) is 14.4 Å². The molecular weight excluding hydrogens is 1240 g/mol. The van der Waals surface area contributed by atoms with Crippen LogP contribution >= 0.6 is 0 Å². The molecule has 3 amide bonds. The second kappa shape index (κ2) is 29.7. The molecule has 9 heterocycles. The zero-order valence-corrected chi connectivity index (χ0v) is 54.7. The first-order valence-electron chi connectivity index (χ1n) is 33.0. The molecule has 6 aromatic heterocycles. The highest BCUT2D eigenvalue weighted by atomic mass is 16.5. The molecule has 3 saturated heterocycles. The first-order valence-corrected chi connectivity index (χ1v) is 33.0. The fourth-order valence-corrected chi connectivity index (χ4v) is 13.2. The van der Waals surface area contributed by atoms with Crippen LogP contribution in [-0.4, -0.2) is 116 Å². The number of pyridine rings is 3. The summed E-state index contributed by atoms with van der Waals surface area (Å²) in [5, 5.41) is 17.8. The van der Waals surface area contributed by atoms with Crippen LogP contribution in [0.2, 0.25) is 0 Å². The number of carbonyl (C=O) groups excluding carboxylic acids is 3. The van der Waals surface area contributed by atoms with Crippen molar-refractivity contribution in [2.45, 2.75) is 56.3 Å². The molecule has 0 spiro atoms. The maximum Gasteiger partial charge on any atom is 0.245 e. The van der Waals surface area contributed by atoms with E-state index in [0.29, 0.717) is 37.1 Å². The molecule has 3 aliphatic rings. The van der Waals surface area contributed by atoms with Gasteiger partial charge in [-0.1, -0.05) is 74.3 Å². The van der Waals surface area contributed by atoms with Gasteiger partial charge in [0, 0.05) is 91.8 Å². The Morgan fingerprint density at radius 3 is 0.869 bits per heavy atom. The molecule has 21 heteroatoms. The van der Waals surface area contributed by atoms with Crippen molar-refractivity contribution in [3.63, 3.8) is 0 Å². The van der Waals surface area contributed by atoms with Crippen molar-refractivity contribution in [1.29, 1.82) is 0 Å². The van der Waals surface area contributed by atoms with Gasteiger partial charge in [0.25, 0.3) is 0 Å². The topological polar surface area (TPSA) is 259 Å². The summed E-state index contributed by atoms with van der Waals surface area (Å²) >= 11 is 0. The average Bonchev–Trinajstić information content (AvgIpc) is 1.63. The zero-order valence-electron chi connectivity index (χ0n) is 54.7. The van der Waals surface area contributed by atoms with E-state index in [1.54, 1.807) is 18.6 Å². The minimum atomic E-state index is -0.0429. The van der Waals surface area contributed by atoms with Gasteiger partial charge in [-0.3, -0.25) is 14.4 Å². The molecular formula is C78H75N15O6. The van der Waals surface area contributed by atoms with E-state index in [1.807, 2.05) is 211 Å². The van der Waals surface area contributed by atoms with Gasteiger partial charge in [-0.2, -0.15) is 15.3 Å². The van der Waals surface area contributed by atoms with Crippen molar-refractivity contribution in [3.05, 3.63) is 256 Å². The number of aromatic nitrogens is 9. The molecule has 0 radical (unpaired) electrons. The second-order valence-corrected chi connectivity index (χ2v) is 24.4. The average molecular weight is 1320 g/mol. The van der Waals surface area contributed by atoms with E-state index in [2.05, 4.69) is 34.7 Å². The third-order valence-corrected chi connectivity index (χ3v) is 18.0. The number of piperidine rings is 3. The van der Waals surface area contributed by atoms with E-state index in [0.717, 1.165) is 160 Å². The number of carbonyl (C=O) groups is 3. The lowest BCUT2D eigenvalue weighted by Crippen LogP contribution is -2.38. The van der Waals surface area contributed by atoms with E-state index in [4.69, 9.17) is 46.7 Å². The van der Waals surface area contributed by atoms with Gasteiger partial charge in [0.1, 0.15) is 68.5 Å². The number of hydrogen-bond acceptors (Lipinski definition) is 15. The summed E-state index contributed by atoms with van der Waals surface area (Å²) in [5.41, 5.74) is 26.6. The van der Waals surface area contributed by atoms with Gasteiger partial charge in [0.2, 0.25) is 17.7 Å². The number of nitrogens with zero attached hydrogens (tertiary/aromatic N) is 12. The van der Waals surface area contributed by atoms with Crippen molar-refractivity contribution in [1.82, 2.24) is 59.0 Å². The molecule has 3 atom stereocenters. The number of ether oxygens (including phenoxy) is 3. The molecule has 6 N–H and O–H groups in total. The van der Waals surface area contributed by atoms with Gasteiger partial charge in [-0.05, 0) is 184 Å².